The summed E-state index contributed by atoms with van der Waals surface area (Å²) >= 11 is 1.07. The molecule has 0 aromatic carbocycles. The van der Waals surface area contributed by atoms with E-state index in [1.807, 2.05) is 0 Å². The minimum absolute atomic E-state index is 0.0403. The van der Waals surface area contributed by atoms with Crippen LogP contribution in [0.2, 0.25) is 0 Å². The van der Waals surface area contributed by atoms with Crippen molar-refractivity contribution >= 4 is 28.5 Å². The standard InChI is InChI=1S/C9H12N4O3S/c14-7(15)4-9(2-1-3-9)12-8(16)11-6-5-10-13-17-6/h5H,1-4H2,(H,14,15)(H2,11,12,16). The number of anilines is 1. The summed E-state index contributed by atoms with van der Waals surface area (Å²) in [6.45, 7) is 0. The van der Waals surface area contributed by atoms with Gasteiger partial charge in [-0.15, -0.1) is 5.10 Å². The molecule has 1 aromatic rings. The van der Waals surface area contributed by atoms with Crippen LogP contribution in [0.25, 0.3) is 0 Å². The van der Waals surface area contributed by atoms with Gasteiger partial charge in [0.25, 0.3) is 0 Å². The molecule has 1 aliphatic rings. The third kappa shape index (κ3) is 2.90. The number of nitrogens with zero attached hydrogens (tertiary/aromatic N) is 2. The van der Waals surface area contributed by atoms with Crippen LogP contribution in [0.5, 0.6) is 0 Å². The van der Waals surface area contributed by atoms with Gasteiger partial charge < -0.3 is 10.4 Å². The molecule has 8 heteroatoms. The van der Waals surface area contributed by atoms with E-state index in [2.05, 4.69) is 20.2 Å². The highest BCUT2D eigenvalue weighted by Gasteiger charge is 2.40. The SMILES string of the molecule is O=C(O)CC1(NC(=O)Nc2cnns2)CCC1. The topological polar surface area (TPSA) is 104 Å². The van der Waals surface area contributed by atoms with E-state index in [0.29, 0.717) is 17.8 Å². The van der Waals surface area contributed by atoms with Gasteiger partial charge in [-0.1, -0.05) is 4.49 Å². The Morgan fingerprint density at radius 2 is 2.29 bits per heavy atom. The van der Waals surface area contributed by atoms with Crippen molar-refractivity contribution in [1.29, 1.82) is 0 Å². The molecule has 1 fully saturated rings. The summed E-state index contributed by atoms with van der Waals surface area (Å²) in [5.74, 6) is -0.899. The van der Waals surface area contributed by atoms with Gasteiger partial charge in [-0.25, -0.2) is 4.79 Å². The van der Waals surface area contributed by atoms with Crippen molar-refractivity contribution in [2.45, 2.75) is 31.2 Å². The average molecular weight is 256 g/mol. The number of carboxylic acid groups (broad SMARTS) is 1. The molecular weight excluding hydrogens is 244 g/mol. The van der Waals surface area contributed by atoms with Crippen LogP contribution in [0.15, 0.2) is 6.20 Å². The first-order valence-electron chi connectivity index (χ1n) is 5.18. The van der Waals surface area contributed by atoms with E-state index in [1.54, 1.807) is 0 Å². The summed E-state index contributed by atoms with van der Waals surface area (Å²) in [4.78, 5) is 22.4. The van der Waals surface area contributed by atoms with Crippen molar-refractivity contribution < 1.29 is 14.7 Å². The normalized spacial score (nSPS) is 16.9. The summed E-state index contributed by atoms with van der Waals surface area (Å²) in [5, 5.41) is 18.2. The fourth-order valence-electron chi connectivity index (χ4n) is 1.85. The van der Waals surface area contributed by atoms with Gasteiger partial charge in [-0.2, -0.15) is 0 Å². The van der Waals surface area contributed by atoms with Gasteiger partial charge in [0.2, 0.25) is 0 Å². The molecule has 0 atom stereocenters. The molecule has 0 saturated heterocycles. The molecule has 1 aliphatic carbocycles. The Morgan fingerprint density at radius 1 is 1.53 bits per heavy atom. The van der Waals surface area contributed by atoms with Crippen molar-refractivity contribution in [3.63, 3.8) is 0 Å². The van der Waals surface area contributed by atoms with Gasteiger partial charge in [0, 0.05) is 11.5 Å². The van der Waals surface area contributed by atoms with Crippen LogP contribution in [-0.2, 0) is 4.79 Å². The lowest BCUT2D eigenvalue weighted by atomic mass is 9.74. The van der Waals surface area contributed by atoms with E-state index in [0.717, 1.165) is 18.0 Å². The highest BCUT2D eigenvalue weighted by molar-refractivity contribution is 7.10. The maximum absolute atomic E-state index is 11.6. The zero-order valence-corrected chi connectivity index (χ0v) is 9.79. The second-order valence-corrected chi connectivity index (χ2v) is 4.85. The number of hydrogen-bond acceptors (Lipinski definition) is 5. The minimum atomic E-state index is -0.899. The lowest BCUT2D eigenvalue weighted by molar-refractivity contribution is -0.139. The smallest absolute Gasteiger partial charge is 0.320 e. The molecule has 0 aliphatic heterocycles. The van der Waals surface area contributed by atoms with E-state index in [9.17, 15) is 9.59 Å². The maximum atomic E-state index is 11.6. The van der Waals surface area contributed by atoms with E-state index in [-0.39, 0.29) is 6.42 Å². The third-order valence-corrected chi connectivity index (χ3v) is 3.36. The van der Waals surface area contributed by atoms with Gasteiger partial charge >= 0.3 is 12.0 Å². The number of urea groups is 1. The molecular formula is C9H12N4O3S. The fraction of sp³-hybridized carbons (Fsp3) is 0.556. The summed E-state index contributed by atoms with van der Waals surface area (Å²) in [6.07, 6.45) is 3.74. The molecule has 1 saturated carbocycles. The number of carboxylic acids is 1. The first kappa shape index (κ1) is 11.8. The summed E-state index contributed by atoms with van der Waals surface area (Å²) < 4.78 is 3.61. The van der Waals surface area contributed by atoms with Crippen molar-refractivity contribution in [3.05, 3.63) is 6.20 Å². The maximum Gasteiger partial charge on any atom is 0.320 e. The Balaban J connectivity index is 1.90. The number of aliphatic carboxylic acids is 1. The molecule has 7 nitrogen and oxygen atoms in total. The molecule has 3 N–H and O–H groups in total. The lowest BCUT2D eigenvalue weighted by Crippen LogP contribution is -2.55. The minimum Gasteiger partial charge on any atom is -0.481 e. The molecule has 2 rings (SSSR count). The first-order valence-corrected chi connectivity index (χ1v) is 5.95. The Bertz CT molecular complexity index is 416. The second kappa shape index (κ2) is 4.66. The number of carbonyl (C=O) groups excluding carboxylic acids is 1. The van der Waals surface area contributed by atoms with Crippen LogP contribution in [-0.4, -0.2) is 32.2 Å². The van der Waals surface area contributed by atoms with Gasteiger partial charge in [0.15, 0.2) is 0 Å². The number of nitrogens with one attached hydrogen (secondary N) is 2. The van der Waals surface area contributed by atoms with Crippen molar-refractivity contribution in [3.8, 4) is 0 Å². The summed E-state index contributed by atoms with van der Waals surface area (Å²) in [5.41, 5.74) is -0.589. The van der Waals surface area contributed by atoms with Gasteiger partial charge in [0.05, 0.1) is 18.2 Å². The summed E-state index contributed by atoms with van der Waals surface area (Å²) in [6, 6.07) is -0.406. The molecule has 17 heavy (non-hydrogen) atoms. The van der Waals surface area contributed by atoms with Crippen LogP contribution >= 0.6 is 11.5 Å². The van der Waals surface area contributed by atoms with Gasteiger partial charge in [-0.05, 0) is 19.3 Å². The zero-order chi connectivity index (χ0) is 12.3. The Labute approximate surface area is 101 Å². The van der Waals surface area contributed by atoms with E-state index in [4.69, 9.17) is 5.11 Å². The van der Waals surface area contributed by atoms with Crippen LogP contribution < -0.4 is 10.6 Å². The van der Waals surface area contributed by atoms with Gasteiger partial charge in [0.1, 0.15) is 5.00 Å². The van der Waals surface area contributed by atoms with Crippen LogP contribution in [0.3, 0.4) is 0 Å². The number of aromatic nitrogens is 2. The largest absolute Gasteiger partial charge is 0.481 e. The molecule has 0 unspecified atom stereocenters. The van der Waals surface area contributed by atoms with Gasteiger partial charge in [-0.3, -0.25) is 10.1 Å². The van der Waals surface area contributed by atoms with Crippen LogP contribution in [0, 0.1) is 0 Å². The highest BCUT2D eigenvalue weighted by atomic mass is 32.1. The molecule has 0 spiro atoms. The first-order chi connectivity index (χ1) is 8.10. The Kier molecular flexibility index (Phi) is 3.23. The van der Waals surface area contributed by atoms with E-state index < -0.39 is 17.5 Å². The summed E-state index contributed by atoms with van der Waals surface area (Å²) in [7, 11) is 0. The fourth-order valence-corrected chi connectivity index (χ4v) is 2.26. The molecule has 1 heterocycles. The highest BCUT2D eigenvalue weighted by Crippen LogP contribution is 2.34. The predicted molar refractivity (Wildman–Crippen MR) is 60.9 cm³/mol. The monoisotopic (exact) mass is 256 g/mol. The number of rotatable bonds is 4. The van der Waals surface area contributed by atoms with Crippen molar-refractivity contribution in [1.82, 2.24) is 14.9 Å². The van der Waals surface area contributed by atoms with Crippen molar-refractivity contribution in [2.75, 3.05) is 5.32 Å². The number of hydrogen-bond donors (Lipinski definition) is 3. The van der Waals surface area contributed by atoms with Crippen molar-refractivity contribution in [2.24, 2.45) is 0 Å². The number of carbonyl (C=O) groups is 2. The van der Waals surface area contributed by atoms with Crippen LogP contribution in [0.4, 0.5) is 9.80 Å². The predicted octanol–water partition coefficient (Wildman–Crippen LogP) is 1.06. The molecule has 0 radical (unpaired) electrons. The van der Waals surface area contributed by atoms with Crippen LogP contribution in [0.1, 0.15) is 25.7 Å². The quantitative estimate of drug-likeness (QED) is 0.747. The zero-order valence-electron chi connectivity index (χ0n) is 8.97. The average Bonchev–Trinajstić information content (AvgIpc) is 2.66. The molecule has 1 aromatic heterocycles. The second-order valence-electron chi connectivity index (χ2n) is 4.07. The van der Waals surface area contributed by atoms with E-state index >= 15 is 0 Å². The third-order valence-electron chi connectivity index (χ3n) is 2.78. The number of amides is 2. The van der Waals surface area contributed by atoms with E-state index in [1.165, 1.54) is 6.20 Å². The molecule has 0 bridgehead atoms. The Morgan fingerprint density at radius 3 is 2.76 bits per heavy atom. The molecule has 92 valence electrons. The molecule has 2 amide bonds. The lowest BCUT2D eigenvalue weighted by Gasteiger charge is -2.41. The Hall–Kier alpha value is -1.70.